The van der Waals surface area contributed by atoms with Crippen LogP contribution in [-0.4, -0.2) is 23.1 Å². The highest BCUT2D eigenvalue weighted by Crippen LogP contribution is 2.15. The molecule has 25 heavy (non-hydrogen) atoms. The predicted molar refractivity (Wildman–Crippen MR) is 104 cm³/mol. The van der Waals surface area contributed by atoms with Crippen molar-refractivity contribution < 1.29 is 4.79 Å². The first-order chi connectivity index (χ1) is 12.1. The van der Waals surface area contributed by atoms with E-state index in [0.29, 0.717) is 24.4 Å². The molecule has 0 radical (unpaired) electrons. The number of aryl methyl sites for hydroxylation is 1. The summed E-state index contributed by atoms with van der Waals surface area (Å²) in [6.45, 7) is 6.86. The van der Waals surface area contributed by atoms with Gasteiger partial charge in [-0.1, -0.05) is 48.0 Å². The Bertz CT molecular complexity index is 762. The van der Waals surface area contributed by atoms with Gasteiger partial charge in [0.15, 0.2) is 0 Å². The third-order valence-corrected chi connectivity index (χ3v) is 4.72. The van der Waals surface area contributed by atoms with E-state index in [-0.39, 0.29) is 5.91 Å². The lowest BCUT2D eigenvalue weighted by Gasteiger charge is -2.21. The number of hydrogen-bond acceptors (Lipinski definition) is 3. The van der Waals surface area contributed by atoms with Gasteiger partial charge in [-0.05, 0) is 30.2 Å². The van der Waals surface area contributed by atoms with Crippen molar-refractivity contribution in [2.45, 2.75) is 19.2 Å². The summed E-state index contributed by atoms with van der Waals surface area (Å²) >= 11 is 1.63. The second kappa shape index (κ2) is 9.71. The summed E-state index contributed by atoms with van der Waals surface area (Å²) in [7, 11) is 0. The Kier molecular flexibility index (Phi) is 7.31. The molecule has 0 fully saturated rings. The first kappa shape index (κ1) is 18.8. The second-order valence-corrected chi connectivity index (χ2v) is 6.84. The Balaban J connectivity index is 1.90. The van der Waals surface area contributed by atoms with Crippen LogP contribution in [-0.2, 0) is 17.1 Å². The minimum Gasteiger partial charge on any atom is -0.334 e. The molecule has 0 heterocycles. The van der Waals surface area contributed by atoms with Gasteiger partial charge in [0.1, 0.15) is 0 Å². The topological polar surface area (TPSA) is 44.1 Å². The third kappa shape index (κ3) is 6.13. The molecular formula is C21H22N2OS. The largest absolute Gasteiger partial charge is 0.334 e. The maximum atomic E-state index is 12.5. The van der Waals surface area contributed by atoms with Crippen LogP contribution >= 0.6 is 11.8 Å². The van der Waals surface area contributed by atoms with Crippen LogP contribution in [0.15, 0.2) is 61.2 Å². The number of nitrogens with zero attached hydrogens (tertiary/aromatic N) is 2. The lowest BCUT2D eigenvalue weighted by Crippen LogP contribution is -2.32. The summed E-state index contributed by atoms with van der Waals surface area (Å²) in [4.78, 5) is 14.3. The minimum absolute atomic E-state index is 0.0990. The Labute approximate surface area is 154 Å². The van der Waals surface area contributed by atoms with E-state index in [9.17, 15) is 4.79 Å². The molecule has 2 aromatic carbocycles. The summed E-state index contributed by atoms with van der Waals surface area (Å²) in [5.41, 5.74) is 4.11. The zero-order valence-electron chi connectivity index (χ0n) is 14.4. The van der Waals surface area contributed by atoms with Gasteiger partial charge >= 0.3 is 0 Å². The number of benzene rings is 2. The lowest BCUT2D eigenvalue weighted by atomic mass is 10.1. The zero-order valence-corrected chi connectivity index (χ0v) is 15.3. The summed E-state index contributed by atoms with van der Waals surface area (Å²) in [6, 6.07) is 17.8. The van der Waals surface area contributed by atoms with Crippen molar-refractivity contribution in [1.29, 1.82) is 5.26 Å². The van der Waals surface area contributed by atoms with Crippen molar-refractivity contribution in [2.75, 3.05) is 12.3 Å². The SMILES string of the molecule is C=CCN(Cc1ccc(C#N)cc1)C(=O)CSCc1cccc(C)c1. The first-order valence-electron chi connectivity index (χ1n) is 8.13. The van der Waals surface area contributed by atoms with Gasteiger partial charge in [0.05, 0.1) is 17.4 Å². The molecule has 0 spiro atoms. The Hall–Kier alpha value is -2.51. The molecular weight excluding hydrogens is 328 g/mol. The number of carbonyl (C=O) groups is 1. The van der Waals surface area contributed by atoms with Gasteiger partial charge in [-0.25, -0.2) is 0 Å². The van der Waals surface area contributed by atoms with Crippen molar-refractivity contribution in [2.24, 2.45) is 0 Å². The minimum atomic E-state index is 0.0990. The van der Waals surface area contributed by atoms with Crippen LogP contribution in [0.4, 0.5) is 0 Å². The quantitative estimate of drug-likeness (QED) is 0.666. The molecule has 0 N–H and O–H groups in total. The van der Waals surface area contributed by atoms with Crippen LogP contribution in [0.2, 0.25) is 0 Å². The molecule has 3 nitrogen and oxygen atoms in total. The molecule has 0 aliphatic carbocycles. The van der Waals surface area contributed by atoms with Crippen molar-refractivity contribution in [1.82, 2.24) is 4.90 Å². The molecule has 4 heteroatoms. The first-order valence-corrected chi connectivity index (χ1v) is 9.29. The van der Waals surface area contributed by atoms with Crippen LogP contribution in [0.3, 0.4) is 0 Å². The maximum absolute atomic E-state index is 12.5. The van der Waals surface area contributed by atoms with Gasteiger partial charge in [-0.3, -0.25) is 4.79 Å². The van der Waals surface area contributed by atoms with Crippen molar-refractivity contribution >= 4 is 17.7 Å². The Morgan fingerprint density at radius 1 is 1.24 bits per heavy atom. The number of nitriles is 1. The highest BCUT2D eigenvalue weighted by molar-refractivity contribution is 7.99. The molecule has 0 saturated heterocycles. The van der Waals surface area contributed by atoms with Gasteiger partial charge in [-0.15, -0.1) is 18.3 Å². The van der Waals surface area contributed by atoms with Crippen molar-refractivity contribution in [3.05, 3.63) is 83.4 Å². The average Bonchev–Trinajstić information content (AvgIpc) is 2.62. The van der Waals surface area contributed by atoms with Gasteiger partial charge in [0, 0.05) is 18.8 Å². The summed E-state index contributed by atoms with van der Waals surface area (Å²) in [5, 5.41) is 8.86. The molecule has 0 aliphatic heterocycles. The van der Waals surface area contributed by atoms with Gasteiger partial charge in [0.25, 0.3) is 0 Å². The van der Waals surface area contributed by atoms with Crippen LogP contribution in [0, 0.1) is 18.3 Å². The molecule has 2 rings (SSSR count). The smallest absolute Gasteiger partial charge is 0.233 e. The standard InChI is InChI=1S/C21H22N2OS/c1-3-11-23(14-19-9-7-18(13-22)8-10-19)21(24)16-25-15-20-6-4-5-17(2)12-20/h3-10,12H,1,11,14-16H2,2H3. The summed E-state index contributed by atoms with van der Waals surface area (Å²) in [5.74, 6) is 1.37. The fraction of sp³-hybridized carbons (Fsp3) is 0.238. The maximum Gasteiger partial charge on any atom is 0.233 e. The summed E-state index contributed by atoms with van der Waals surface area (Å²) in [6.07, 6.45) is 1.74. The molecule has 0 bridgehead atoms. The molecule has 0 unspecified atom stereocenters. The Morgan fingerprint density at radius 2 is 2.00 bits per heavy atom. The van der Waals surface area contributed by atoms with Gasteiger partial charge < -0.3 is 4.90 Å². The highest BCUT2D eigenvalue weighted by atomic mass is 32.2. The van der Waals surface area contributed by atoms with E-state index in [1.165, 1.54) is 11.1 Å². The van der Waals surface area contributed by atoms with Crippen LogP contribution in [0.5, 0.6) is 0 Å². The normalized spacial score (nSPS) is 10.1. The average molecular weight is 350 g/mol. The fourth-order valence-electron chi connectivity index (χ4n) is 2.46. The third-order valence-electron chi connectivity index (χ3n) is 3.74. The van der Waals surface area contributed by atoms with E-state index < -0.39 is 0 Å². The Morgan fingerprint density at radius 3 is 2.64 bits per heavy atom. The lowest BCUT2D eigenvalue weighted by molar-refractivity contribution is -0.128. The van der Waals surface area contributed by atoms with Crippen molar-refractivity contribution in [3.8, 4) is 6.07 Å². The van der Waals surface area contributed by atoms with Gasteiger partial charge in [-0.2, -0.15) is 5.26 Å². The molecule has 0 atom stereocenters. The van der Waals surface area contributed by atoms with Crippen LogP contribution in [0.1, 0.15) is 22.3 Å². The molecule has 128 valence electrons. The van der Waals surface area contributed by atoms with E-state index in [1.807, 2.05) is 18.2 Å². The second-order valence-electron chi connectivity index (χ2n) is 5.85. The number of carbonyl (C=O) groups excluding carboxylic acids is 1. The van der Waals surface area contributed by atoms with Crippen molar-refractivity contribution in [3.63, 3.8) is 0 Å². The fourth-order valence-corrected chi connectivity index (χ4v) is 3.34. The van der Waals surface area contributed by atoms with Crippen LogP contribution in [0.25, 0.3) is 0 Å². The van der Waals surface area contributed by atoms with E-state index in [0.717, 1.165) is 11.3 Å². The molecule has 1 amide bonds. The number of rotatable bonds is 8. The van der Waals surface area contributed by atoms with E-state index in [2.05, 4.69) is 37.8 Å². The molecule has 0 saturated carbocycles. The highest BCUT2D eigenvalue weighted by Gasteiger charge is 2.13. The van der Waals surface area contributed by atoms with Gasteiger partial charge in [0.2, 0.25) is 5.91 Å². The van der Waals surface area contributed by atoms with E-state index >= 15 is 0 Å². The van der Waals surface area contributed by atoms with E-state index in [4.69, 9.17) is 5.26 Å². The number of hydrogen-bond donors (Lipinski definition) is 0. The predicted octanol–water partition coefficient (Wildman–Crippen LogP) is 4.31. The monoisotopic (exact) mass is 350 g/mol. The van der Waals surface area contributed by atoms with Crippen LogP contribution < -0.4 is 0 Å². The zero-order chi connectivity index (χ0) is 18.1. The molecule has 0 aliphatic rings. The number of thioether (sulfide) groups is 1. The number of amides is 1. The molecule has 2 aromatic rings. The molecule has 0 aromatic heterocycles. The van der Waals surface area contributed by atoms with E-state index in [1.54, 1.807) is 34.9 Å². The summed E-state index contributed by atoms with van der Waals surface area (Å²) < 4.78 is 0.